The van der Waals surface area contributed by atoms with Gasteiger partial charge in [-0.25, -0.2) is 0 Å². The Hall–Kier alpha value is -1.28. The van der Waals surface area contributed by atoms with Crippen LogP contribution in [0.2, 0.25) is 5.02 Å². The van der Waals surface area contributed by atoms with Crippen LogP contribution in [-0.2, 0) is 0 Å². The van der Waals surface area contributed by atoms with Crippen LogP contribution >= 0.6 is 11.6 Å². The van der Waals surface area contributed by atoms with Crippen molar-refractivity contribution in [3.8, 4) is 0 Å². The number of hydrogen-bond acceptors (Lipinski definition) is 1. The summed E-state index contributed by atoms with van der Waals surface area (Å²) in [5.41, 5.74) is 0.662. The molecule has 0 bridgehead atoms. The Balaban J connectivity index is 2.06. The summed E-state index contributed by atoms with van der Waals surface area (Å²) in [6, 6.07) is 7.17. The molecule has 108 valence electrons. The van der Waals surface area contributed by atoms with Crippen molar-refractivity contribution in [1.82, 2.24) is 4.90 Å². The summed E-state index contributed by atoms with van der Waals surface area (Å²) in [5, 5.41) is 0.604. The number of nitrogens with zero attached hydrogens (tertiary/aromatic N) is 1. The first-order valence-corrected chi connectivity index (χ1v) is 7.74. The quantitative estimate of drug-likeness (QED) is 0.729. The van der Waals surface area contributed by atoms with Gasteiger partial charge in [0, 0.05) is 23.7 Å². The van der Waals surface area contributed by atoms with Crippen molar-refractivity contribution >= 4 is 17.5 Å². The van der Waals surface area contributed by atoms with E-state index in [1.807, 2.05) is 17.0 Å². The first-order chi connectivity index (χ1) is 9.70. The fraction of sp³-hybridized carbons (Fsp3) is 0.471. The summed E-state index contributed by atoms with van der Waals surface area (Å²) in [6.07, 6.45) is 8.17. The normalized spacial score (nSPS) is 15.8. The molecule has 1 amide bonds. The van der Waals surface area contributed by atoms with Crippen LogP contribution in [0.5, 0.6) is 0 Å². The Morgan fingerprint density at radius 2 is 2.10 bits per heavy atom. The zero-order valence-corrected chi connectivity index (χ0v) is 12.6. The predicted molar refractivity (Wildman–Crippen MR) is 84.1 cm³/mol. The lowest BCUT2D eigenvalue weighted by atomic mass is 9.89. The highest BCUT2D eigenvalue weighted by Crippen LogP contribution is 2.25. The SMILES string of the molecule is C=CCN(CC1CCCCC1)C(=O)c1cccc(Cl)c1. The minimum Gasteiger partial charge on any atom is -0.335 e. The van der Waals surface area contributed by atoms with Crippen LogP contribution in [0.4, 0.5) is 0 Å². The Morgan fingerprint density at radius 1 is 1.35 bits per heavy atom. The van der Waals surface area contributed by atoms with Crippen LogP contribution in [0.3, 0.4) is 0 Å². The van der Waals surface area contributed by atoms with Crippen molar-refractivity contribution in [3.63, 3.8) is 0 Å². The minimum absolute atomic E-state index is 0.0537. The molecule has 1 aliphatic carbocycles. The lowest BCUT2D eigenvalue weighted by Gasteiger charge is -2.29. The van der Waals surface area contributed by atoms with Crippen LogP contribution < -0.4 is 0 Å². The van der Waals surface area contributed by atoms with E-state index >= 15 is 0 Å². The van der Waals surface area contributed by atoms with Crippen molar-refractivity contribution in [2.24, 2.45) is 5.92 Å². The lowest BCUT2D eigenvalue weighted by Crippen LogP contribution is -2.36. The molecule has 0 spiro atoms. The van der Waals surface area contributed by atoms with Crippen molar-refractivity contribution in [3.05, 3.63) is 47.5 Å². The molecule has 1 aromatic carbocycles. The maximum Gasteiger partial charge on any atom is 0.254 e. The lowest BCUT2D eigenvalue weighted by molar-refractivity contribution is 0.0735. The largest absolute Gasteiger partial charge is 0.335 e. The van der Waals surface area contributed by atoms with Gasteiger partial charge < -0.3 is 4.90 Å². The number of hydrogen-bond donors (Lipinski definition) is 0. The number of carbonyl (C=O) groups excluding carboxylic acids is 1. The smallest absolute Gasteiger partial charge is 0.254 e. The van der Waals surface area contributed by atoms with Crippen LogP contribution in [0.15, 0.2) is 36.9 Å². The molecule has 0 aliphatic heterocycles. The van der Waals surface area contributed by atoms with Crippen molar-refractivity contribution in [1.29, 1.82) is 0 Å². The number of halogens is 1. The average molecular weight is 292 g/mol. The summed E-state index contributed by atoms with van der Waals surface area (Å²) in [6.45, 7) is 5.20. The topological polar surface area (TPSA) is 20.3 Å². The molecule has 0 heterocycles. The first-order valence-electron chi connectivity index (χ1n) is 7.36. The maximum atomic E-state index is 12.6. The number of benzene rings is 1. The molecule has 0 unspecified atom stereocenters. The number of rotatable bonds is 5. The van der Waals surface area contributed by atoms with Gasteiger partial charge in [0.2, 0.25) is 0 Å². The van der Waals surface area contributed by atoms with E-state index in [1.165, 1.54) is 32.1 Å². The average Bonchev–Trinajstić information content (AvgIpc) is 2.47. The summed E-state index contributed by atoms with van der Waals surface area (Å²) in [4.78, 5) is 14.5. The minimum atomic E-state index is 0.0537. The van der Waals surface area contributed by atoms with Crippen LogP contribution in [-0.4, -0.2) is 23.9 Å². The van der Waals surface area contributed by atoms with E-state index in [0.717, 1.165) is 6.54 Å². The van der Waals surface area contributed by atoms with E-state index in [-0.39, 0.29) is 5.91 Å². The number of carbonyl (C=O) groups is 1. The molecule has 0 saturated heterocycles. The highest BCUT2D eigenvalue weighted by Gasteiger charge is 2.21. The summed E-state index contributed by atoms with van der Waals surface area (Å²) >= 11 is 5.97. The number of amides is 1. The molecule has 1 saturated carbocycles. The molecule has 0 N–H and O–H groups in total. The van der Waals surface area contributed by atoms with E-state index < -0.39 is 0 Å². The molecule has 0 radical (unpaired) electrons. The summed E-state index contributed by atoms with van der Waals surface area (Å²) in [7, 11) is 0. The second-order valence-corrected chi connectivity index (χ2v) is 5.95. The zero-order valence-electron chi connectivity index (χ0n) is 11.9. The van der Waals surface area contributed by atoms with Gasteiger partial charge in [-0.1, -0.05) is 43.0 Å². The van der Waals surface area contributed by atoms with Gasteiger partial charge in [0.25, 0.3) is 5.91 Å². The molecule has 20 heavy (non-hydrogen) atoms. The highest BCUT2D eigenvalue weighted by atomic mass is 35.5. The fourth-order valence-electron chi connectivity index (χ4n) is 2.88. The maximum absolute atomic E-state index is 12.6. The van der Waals surface area contributed by atoms with Gasteiger partial charge in [-0.15, -0.1) is 6.58 Å². The molecule has 1 fully saturated rings. The molecule has 1 aromatic rings. The van der Waals surface area contributed by atoms with Crippen LogP contribution in [0.1, 0.15) is 42.5 Å². The zero-order chi connectivity index (χ0) is 14.4. The predicted octanol–water partition coefficient (Wildman–Crippen LogP) is 4.55. The summed E-state index contributed by atoms with van der Waals surface area (Å²) < 4.78 is 0. The standard InChI is InChI=1S/C17H22ClNO/c1-2-11-19(13-14-7-4-3-5-8-14)17(20)15-9-6-10-16(18)12-15/h2,6,9-10,12,14H,1,3-5,7-8,11,13H2. The van der Waals surface area contributed by atoms with Crippen molar-refractivity contribution in [2.45, 2.75) is 32.1 Å². The molecule has 0 aromatic heterocycles. The first kappa shape index (κ1) is 15.1. The summed E-state index contributed by atoms with van der Waals surface area (Å²) in [5.74, 6) is 0.685. The van der Waals surface area contributed by atoms with Crippen molar-refractivity contribution in [2.75, 3.05) is 13.1 Å². The molecule has 1 aliphatic rings. The van der Waals surface area contributed by atoms with Gasteiger partial charge >= 0.3 is 0 Å². The molecule has 2 nitrogen and oxygen atoms in total. The van der Waals surface area contributed by atoms with Crippen LogP contribution in [0, 0.1) is 5.92 Å². The van der Waals surface area contributed by atoms with E-state index in [2.05, 4.69) is 6.58 Å². The van der Waals surface area contributed by atoms with Gasteiger partial charge in [0.1, 0.15) is 0 Å². The van der Waals surface area contributed by atoms with E-state index in [4.69, 9.17) is 11.6 Å². The molecule has 2 rings (SSSR count). The Bertz CT molecular complexity index is 466. The van der Waals surface area contributed by atoms with E-state index in [0.29, 0.717) is 23.0 Å². The monoisotopic (exact) mass is 291 g/mol. The molecule has 0 atom stereocenters. The van der Waals surface area contributed by atoms with Gasteiger partial charge in [0.15, 0.2) is 0 Å². The van der Waals surface area contributed by atoms with Gasteiger partial charge in [-0.2, -0.15) is 0 Å². The van der Waals surface area contributed by atoms with Gasteiger partial charge in [-0.05, 0) is 37.0 Å². The Morgan fingerprint density at radius 3 is 2.75 bits per heavy atom. The van der Waals surface area contributed by atoms with Gasteiger partial charge in [0.05, 0.1) is 0 Å². The Kier molecular flexibility index (Phi) is 5.66. The fourth-order valence-corrected chi connectivity index (χ4v) is 3.07. The third-order valence-electron chi connectivity index (χ3n) is 3.91. The molecule has 3 heteroatoms. The second-order valence-electron chi connectivity index (χ2n) is 5.51. The Labute approximate surface area is 126 Å². The van der Waals surface area contributed by atoms with Gasteiger partial charge in [-0.3, -0.25) is 4.79 Å². The third-order valence-corrected chi connectivity index (χ3v) is 4.15. The third kappa shape index (κ3) is 4.11. The van der Waals surface area contributed by atoms with Crippen LogP contribution in [0.25, 0.3) is 0 Å². The van der Waals surface area contributed by atoms with E-state index in [9.17, 15) is 4.79 Å². The second kappa shape index (κ2) is 7.49. The van der Waals surface area contributed by atoms with E-state index in [1.54, 1.807) is 18.2 Å². The molecular weight excluding hydrogens is 270 g/mol. The van der Waals surface area contributed by atoms with Crippen molar-refractivity contribution < 1.29 is 4.79 Å². The molecular formula is C17H22ClNO. The highest BCUT2D eigenvalue weighted by molar-refractivity contribution is 6.30.